The van der Waals surface area contributed by atoms with Crippen molar-refractivity contribution in [3.8, 4) is 0 Å². The monoisotopic (exact) mass is 336 g/mol. The van der Waals surface area contributed by atoms with Gasteiger partial charge in [0.15, 0.2) is 0 Å². The molecule has 0 aliphatic rings. The van der Waals surface area contributed by atoms with Crippen LogP contribution >= 0.6 is 0 Å². The summed E-state index contributed by atoms with van der Waals surface area (Å²) < 4.78 is 48.6. The Morgan fingerprint density at radius 1 is 1.29 bits per heavy atom. The molecule has 8 nitrogen and oxygen atoms in total. The van der Waals surface area contributed by atoms with Crippen LogP contribution in [-0.2, 0) is 24.8 Å². The highest BCUT2D eigenvalue weighted by Crippen LogP contribution is 2.15. The van der Waals surface area contributed by atoms with Crippen LogP contribution in [0, 0.1) is 0 Å². The number of carbonyl (C=O) groups is 1. The van der Waals surface area contributed by atoms with Crippen LogP contribution in [-0.4, -0.2) is 34.0 Å². The zero-order chi connectivity index (χ0) is 16.3. The number of benzene rings is 1. The molecule has 0 aromatic heterocycles. The van der Waals surface area contributed by atoms with E-state index in [9.17, 15) is 21.6 Å². The van der Waals surface area contributed by atoms with Crippen molar-refractivity contribution < 1.29 is 26.7 Å². The SMILES string of the molecule is CCC[C@@H](NS(=O)(=O)c1cccc(S(N)(=O)=O)c1)C(=O)O. The second-order valence-electron chi connectivity index (χ2n) is 4.32. The van der Waals surface area contributed by atoms with Crippen molar-refractivity contribution in [2.75, 3.05) is 0 Å². The molecule has 0 saturated carbocycles. The summed E-state index contributed by atoms with van der Waals surface area (Å²) in [7, 11) is -8.21. The molecular weight excluding hydrogens is 320 g/mol. The fourth-order valence-corrected chi connectivity index (χ4v) is 3.50. The summed E-state index contributed by atoms with van der Waals surface area (Å²) in [6.45, 7) is 1.71. The van der Waals surface area contributed by atoms with Crippen LogP contribution in [0.15, 0.2) is 34.1 Å². The highest BCUT2D eigenvalue weighted by Gasteiger charge is 2.25. The van der Waals surface area contributed by atoms with E-state index in [1.165, 1.54) is 6.07 Å². The number of carboxylic acid groups (broad SMARTS) is 1. The number of sulfonamides is 2. The number of nitrogens with two attached hydrogens (primary N) is 1. The fourth-order valence-electron chi connectivity index (χ4n) is 1.60. The number of hydrogen-bond donors (Lipinski definition) is 3. The Morgan fingerprint density at radius 3 is 2.33 bits per heavy atom. The first-order chi connectivity index (χ1) is 9.58. The van der Waals surface area contributed by atoms with Gasteiger partial charge >= 0.3 is 5.97 Å². The van der Waals surface area contributed by atoms with Crippen LogP contribution in [0.5, 0.6) is 0 Å². The number of carboxylic acids is 1. The summed E-state index contributed by atoms with van der Waals surface area (Å²) in [5, 5.41) is 13.9. The maximum absolute atomic E-state index is 12.1. The van der Waals surface area contributed by atoms with Gasteiger partial charge in [-0.1, -0.05) is 19.4 Å². The molecule has 118 valence electrons. The lowest BCUT2D eigenvalue weighted by molar-refractivity contribution is -0.139. The van der Waals surface area contributed by atoms with E-state index in [1.54, 1.807) is 6.92 Å². The average molecular weight is 336 g/mol. The summed E-state index contributed by atoms with van der Waals surface area (Å²) in [4.78, 5) is 10.2. The Labute approximate surface area is 123 Å². The third kappa shape index (κ3) is 4.77. The summed E-state index contributed by atoms with van der Waals surface area (Å²) in [6, 6.07) is 3.11. The van der Waals surface area contributed by atoms with E-state index >= 15 is 0 Å². The van der Waals surface area contributed by atoms with Gasteiger partial charge in [-0.25, -0.2) is 22.0 Å². The van der Waals surface area contributed by atoms with Gasteiger partial charge in [-0.2, -0.15) is 4.72 Å². The zero-order valence-corrected chi connectivity index (χ0v) is 12.8. The number of hydrogen-bond acceptors (Lipinski definition) is 5. The van der Waals surface area contributed by atoms with Crippen molar-refractivity contribution in [3.63, 3.8) is 0 Å². The van der Waals surface area contributed by atoms with E-state index in [2.05, 4.69) is 0 Å². The number of aliphatic carboxylic acids is 1. The topological polar surface area (TPSA) is 144 Å². The quantitative estimate of drug-likeness (QED) is 0.632. The number of rotatable bonds is 7. The first kappa shape index (κ1) is 17.6. The summed E-state index contributed by atoms with van der Waals surface area (Å²) in [5.41, 5.74) is 0. The van der Waals surface area contributed by atoms with Gasteiger partial charge in [0.25, 0.3) is 0 Å². The Hall–Kier alpha value is -1.49. The van der Waals surface area contributed by atoms with Crippen LogP contribution in [0.4, 0.5) is 0 Å². The van der Waals surface area contributed by atoms with Crippen molar-refractivity contribution in [1.29, 1.82) is 0 Å². The van der Waals surface area contributed by atoms with Gasteiger partial charge in [0, 0.05) is 0 Å². The molecule has 1 atom stereocenters. The Balaban J connectivity index is 3.16. The summed E-state index contributed by atoms with van der Waals surface area (Å²) >= 11 is 0. The van der Waals surface area contributed by atoms with Crippen LogP contribution in [0.1, 0.15) is 19.8 Å². The van der Waals surface area contributed by atoms with Gasteiger partial charge in [-0.05, 0) is 24.6 Å². The molecule has 0 aliphatic heterocycles. The van der Waals surface area contributed by atoms with E-state index in [-0.39, 0.29) is 16.2 Å². The third-order valence-electron chi connectivity index (χ3n) is 2.62. The third-order valence-corrected chi connectivity index (χ3v) is 5.00. The smallest absolute Gasteiger partial charge is 0.321 e. The largest absolute Gasteiger partial charge is 0.480 e. The van der Waals surface area contributed by atoms with Crippen LogP contribution in [0.3, 0.4) is 0 Å². The molecule has 4 N–H and O–H groups in total. The first-order valence-electron chi connectivity index (χ1n) is 5.96. The normalized spacial score (nSPS) is 13.8. The molecule has 0 heterocycles. The molecular formula is C11H16N2O6S2. The lowest BCUT2D eigenvalue weighted by Crippen LogP contribution is -2.40. The maximum Gasteiger partial charge on any atom is 0.321 e. The van der Waals surface area contributed by atoms with Crippen molar-refractivity contribution in [1.82, 2.24) is 4.72 Å². The van der Waals surface area contributed by atoms with Gasteiger partial charge in [-0.3, -0.25) is 4.79 Å². The molecule has 1 rings (SSSR count). The van der Waals surface area contributed by atoms with Crippen LogP contribution < -0.4 is 9.86 Å². The van der Waals surface area contributed by atoms with E-state index in [4.69, 9.17) is 10.2 Å². The second kappa shape index (κ2) is 6.52. The molecule has 0 saturated heterocycles. The Morgan fingerprint density at radius 2 is 1.86 bits per heavy atom. The van der Waals surface area contributed by atoms with E-state index < -0.39 is 32.1 Å². The molecule has 1 aromatic carbocycles. The lowest BCUT2D eigenvalue weighted by Gasteiger charge is -2.14. The zero-order valence-electron chi connectivity index (χ0n) is 11.2. The predicted molar refractivity (Wildman–Crippen MR) is 74.5 cm³/mol. The first-order valence-corrected chi connectivity index (χ1v) is 8.99. The molecule has 0 spiro atoms. The van der Waals surface area contributed by atoms with E-state index in [1.807, 2.05) is 4.72 Å². The lowest BCUT2D eigenvalue weighted by atomic mass is 10.2. The number of primary sulfonamides is 1. The highest BCUT2D eigenvalue weighted by atomic mass is 32.2. The standard InChI is InChI=1S/C11H16N2O6S2/c1-2-4-10(11(14)15)13-21(18,19)9-6-3-5-8(7-9)20(12,16)17/h3,5-7,10,13H,2,4H2,1H3,(H,14,15)(H2,12,16,17)/t10-/m1/s1. The predicted octanol–water partition coefficient (Wildman–Crippen LogP) is -0.134. The van der Waals surface area contributed by atoms with Gasteiger partial charge in [0.1, 0.15) is 6.04 Å². The molecule has 10 heteroatoms. The minimum Gasteiger partial charge on any atom is -0.480 e. The van der Waals surface area contributed by atoms with E-state index in [0.29, 0.717) is 6.42 Å². The molecule has 1 aromatic rings. The Bertz CT molecular complexity index is 727. The van der Waals surface area contributed by atoms with Crippen molar-refractivity contribution in [2.24, 2.45) is 5.14 Å². The molecule has 0 radical (unpaired) electrons. The molecule has 0 unspecified atom stereocenters. The second-order valence-corrected chi connectivity index (χ2v) is 7.60. The van der Waals surface area contributed by atoms with Crippen LogP contribution in [0.2, 0.25) is 0 Å². The molecule has 0 amide bonds. The summed E-state index contributed by atoms with van der Waals surface area (Å²) in [6.07, 6.45) is 0.583. The van der Waals surface area contributed by atoms with Gasteiger partial charge in [-0.15, -0.1) is 0 Å². The molecule has 21 heavy (non-hydrogen) atoms. The van der Waals surface area contributed by atoms with E-state index in [0.717, 1.165) is 18.2 Å². The molecule has 0 bridgehead atoms. The highest BCUT2D eigenvalue weighted by molar-refractivity contribution is 7.90. The number of nitrogens with one attached hydrogen (secondary N) is 1. The minimum atomic E-state index is -4.16. The van der Waals surface area contributed by atoms with Crippen molar-refractivity contribution in [2.45, 2.75) is 35.6 Å². The average Bonchev–Trinajstić information content (AvgIpc) is 2.37. The summed E-state index contributed by atoms with van der Waals surface area (Å²) in [5.74, 6) is -1.30. The minimum absolute atomic E-state index is 0.115. The van der Waals surface area contributed by atoms with Gasteiger partial charge < -0.3 is 5.11 Å². The van der Waals surface area contributed by atoms with Crippen molar-refractivity contribution in [3.05, 3.63) is 24.3 Å². The van der Waals surface area contributed by atoms with Crippen molar-refractivity contribution >= 4 is 26.0 Å². The molecule has 0 aliphatic carbocycles. The van der Waals surface area contributed by atoms with Gasteiger partial charge in [0.2, 0.25) is 20.0 Å². The molecule has 0 fully saturated rings. The van der Waals surface area contributed by atoms with Gasteiger partial charge in [0.05, 0.1) is 9.79 Å². The Kier molecular flexibility index (Phi) is 5.45. The fraction of sp³-hybridized carbons (Fsp3) is 0.364. The maximum atomic E-state index is 12.1. The van der Waals surface area contributed by atoms with Crippen LogP contribution in [0.25, 0.3) is 0 Å².